The molecule has 2 heterocycles. The third-order valence-electron chi connectivity index (χ3n) is 4.01. The van der Waals surface area contributed by atoms with Gasteiger partial charge in [0.15, 0.2) is 0 Å². The number of hydrogen-bond donors (Lipinski definition) is 1. The molecule has 1 unspecified atom stereocenters. The van der Waals surface area contributed by atoms with Gasteiger partial charge in [-0.1, -0.05) is 31.2 Å². The molecule has 3 heteroatoms. The van der Waals surface area contributed by atoms with Crippen LogP contribution in [0, 0.1) is 6.92 Å². The highest BCUT2D eigenvalue weighted by Gasteiger charge is 2.23. The van der Waals surface area contributed by atoms with Crippen molar-refractivity contribution in [3.05, 3.63) is 58.9 Å². The van der Waals surface area contributed by atoms with Crippen molar-refractivity contribution in [1.29, 1.82) is 0 Å². The highest BCUT2D eigenvalue weighted by Crippen LogP contribution is 2.35. The van der Waals surface area contributed by atoms with Crippen molar-refractivity contribution < 1.29 is 4.74 Å². The van der Waals surface area contributed by atoms with Gasteiger partial charge in [-0.3, -0.25) is 4.98 Å². The van der Waals surface area contributed by atoms with Gasteiger partial charge in [-0.15, -0.1) is 0 Å². The lowest BCUT2D eigenvalue weighted by atomic mass is 9.94. The lowest BCUT2D eigenvalue weighted by molar-refractivity contribution is 0.283. The van der Waals surface area contributed by atoms with Crippen molar-refractivity contribution in [1.82, 2.24) is 10.3 Å². The van der Waals surface area contributed by atoms with Crippen LogP contribution in [-0.2, 0) is 6.42 Å². The number of hydrogen-bond acceptors (Lipinski definition) is 3. The fourth-order valence-corrected chi connectivity index (χ4v) is 3.00. The fraction of sp³-hybridized carbons (Fsp3) is 0.389. The first-order valence-corrected chi connectivity index (χ1v) is 7.70. The number of pyridine rings is 1. The predicted molar refractivity (Wildman–Crippen MR) is 84.8 cm³/mol. The van der Waals surface area contributed by atoms with Gasteiger partial charge in [-0.05, 0) is 43.5 Å². The van der Waals surface area contributed by atoms with E-state index in [-0.39, 0.29) is 6.04 Å². The van der Waals surface area contributed by atoms with E-state index in [1.165, 1.54) is 16.7 Å². The molecule has 3 rings (SSSR count). The number of aryl methyl sites for hydroxylation is 2. The molecule has 0 spiro atoms. The molecule has 1 aliphatic rings. The Labute approximate surface area is 126 Å². The number of nitrogens with one attached hydrogen (secondary N) is 1. The number of fused-ring (bicyclic) bond motifs is 1. The van der Waals surface area contributed by atoms with E-state index in [2.05, 4.69) is 48.4 Å². The van der Waals surface area contributed by atoms with Gasteiger partial charge in [-0.25, -0.2) is 0 Å². The predicted octanol–water partition coefficient (Wildman–Crippen LogP) is 3.41. The summed E-state index contributed by atoms with van der Waals surface area (Å²) in [6.45, 7) is 5.94. The normalized spacial score (nSPS) is 15.1. The van der Waals surface area contributed by atoms with Crippen LogP contribution in [0.15, 0.2) is 36.5 Å². The SMILES string of the molecule is CCNC(c1cccc2c1OCCC2)c1ncccc1C. The Kier molecular flexibility index (Phi) is 4.20. The largest absolute Gasteiger partial charge is 0.493 e. The van der Waals surface area contributed by atoms with Gasteiger partial charge >= 0.3 is 0 Å². The quantitative estimate of drug-likeness (QED) is 0.933. The van der Waals surface area contributed by atoms with E-state index in [0.29, 0.717) is 0 Å². The number of para-hydroxylation sites is 1. The molecule has 1 aromatic carbocycles. The van der Waals surface area contributed by atoms with Crippen molar-refractivity contribution in [2.75, 3.05) is 13.2 Å². The Morgan fingerprint density at radius 2 is 2.19 bits per heavy atom. The summed E-state index contributed by atoms with van der Waals surface area (Å²) in [5, 5.41) is 3.56. The van der Waals surface area contributed by atoms with Gasteiger partial charge in [0, 0.05) is 11.8 Å². The molecule has 2 aromatic rings. The van der Waals surface area contributed by atoms with E-state index in [1.54, 1.807) is 0 Å². The summed E-state index contributed by atoms with van der Waals surface area (Å²) in [7, 11) is 0. The van der Waals surface area contributed by atoms with Crippen LogP contribution in [0.3, 0.4) is 0 Å². The fourth-order valence-electron chi connectivity index (χ4n) is 3.00. The summed E-state index contributed by atoms with van der Waals surface area (Å²) >= 11 is 0. The maximum Gasteiger partial charge on any atom is 0.127 e. The van der Waals surface area contributed by atoms with Crippen LogP contribution in [0.2, 0.25) is 0 Å². The molecular weight excluding hydrogens is 260 g/mol. The number of aromatic nitrogens is 1. The van der Waals surface area contributed by atoms with Crippen molar-refractivity contribution in [3.63, 3.8) is 0 Å². The van der Waals surface area contributed by atoms with E-state index in [9.17, 15) is 0 Å². The average Bonchev–Trinajstić information content (AvgIpc) is 2.53. The maximum absolute atomic E-state index is 5.98. The second-order valence-electron chi connectivity index (χ2n) is 5.48. The molecule has 1 aromatic heterocycles. The Balaban J connectivity index is 2.08. The molecule has 1 atom stereocenters. The first-order valence-electron chi connectivity index (χ1n) is 7.70. The van der Waals surface area contributed by atoms with Crippen LogP contribution >= 0.6 is 0 Å². The molecule has 0 aliphatic carbocycles. The second-order valence-corrected chi connectivity index (χ2v) is 5.48. The molecule has 21 heavy (non-hydrogen) atoms. The van der Waals surface area contributed by atoms with E-state index in [1.807, 2.05) is 12.3 Å². The number of nitrogens with zero attached hydrogens (tertiary/aromatic N) is 1. The van der Waals surface area contributed by atoms with Crippen LogP contribution in [0.5, 0.6) is 5.75 Å². The highest BCUT2D eigenvalue weighted by atomic mass is 16.5. The molecule has 1 aliphatic heterocycles. The third-order valence-corrected chi connectivity index (χ3v) is 4.01. The van der Waals surface area contributed by atoms with E-state index in [0.717, 1.165) is 37.4 Å². The maximum atomic E-state index is 5.98. The van der Waals surface area contributed by atoms with Crippen molar-refractivity contribution in [2.45, 2.75) is 32.7 Å². The molecular formula is C18H22N2O. The minimum atomic E-state index is 0.0873. The number of ether oxygens (including phenoxy) is 1. The summed E-state index contributed by atoms with van der Waals surface area (Å²) in [5.74, 6) is 1.06. The molecule has 0 amide bonds. The minimum absolute atomic E-state index is 0.0873. The summed E-state index contributed by atoms with van der Waals surface area (Å²) in [6, 6.07) is 10.6. The zero-order valence-electron chi connectivity index (χ0n) is 12.7. The van der Waals surface area contributed by atoms with Crippen molar-refractivity contribution >= 4 is 0 Å². The average molecular weight is 282 g/mol. The van der Waals surface area contributed by atoms with Crippen molar-refractivity contribution in [3.8, 4) is 5.75 Å². The van der Waals surface area contributed by atoms with E-state index in [4.69, 9.17) is 4.74 Å². The molecule has 0 fully saturated rings. The van der Waals surface area contributed by atoms with Crippen LogP contribution in [0.1, 0.15) is 41.8 Å². The topological polar surface area (TPSA) is 34.1 Å². The van der Waals surface area contributed by atoms with Gasteiger partial charge in [-0.2, -0.15) is 0 Å². The van der Waals surface area contributed by atoms with E-state index >= 15 is 0 Å². The summed E-state index contributed by atoms with van der Waals surface area (Å²) in [4.78, 5) is 4.60. The van der Waals surface area contributed by atoms with E-state index < -0.39 is 0 Å². The van der Waals surface area contributed by atoms with Gasteiger partial charge in [0.2, 0.25) is 0 Å². The number of benzene rings is 1. The van der Waals surface area contributed by atoms with Crippen LogP contribution < -0.4 is 10.1 Å². The Bertz CT molecular complexity index is 624. The standard InChI is InChI=1S/C18H22N2O/c1-3-19-17(16-13(2)7-5-11-20-16)15-10-4-8-14-9-6-12-21-18(14)15/h4-5,7-8,10-11,17,19H,3,6,9,12H2,1-2H3. The first kappa shape index (κ1) is 14.1. The highest BCUT2D eigenvalue weighted by molar-refractivity contribution is 5.47. The monoisotopic (exact) mass is 282 g/mol. The molecule has 1 N–H and O–H groups in total. The van der Waals surface area contributed by atoms with Gasteiger partial charge in [0.25, 0.3) is 0 Å². The third kappa shape index (κ3) is 2.79. The molecule has 0 saturated carbocycles. The molecule has 110 valence electrons. The van der Waals surface area contributed by atoms with Gasteiger partial charge < -0.3 is 10.1 Å². The Morgan fingerprint density at radius 1 is 1.29 bits per heavy atom. The van der Waals surface area contributed by atoms with Crippen molar-refractivity contribution in [2.24, 2.45) is 0 Å². The zero-order valence-corrected chi connectivity index (χ0v) is 12.7. The van der Waals surface area contributed by atoms with Crippen LogP contribution in [0.4, 0.5) is 0 Å². The summed E-state index contributed by atoms with van der Waals surface area (Å²) < 4.78 is 5.98. The number of rotatable bonds is 4. The second kappa shape index (κ2) is 6.27. The van der Waals surface area contributed by atoms with Crippen LogP contribution in [-0.4, -0.2) is 18.1 Å². The van der Waals surface area contributed by atoms with Crippen LogP contribution in [0.25, 0.3) is 0 Å². The molecule has 0 saturated heterocycles. The smallest absolute Gasteiger partial charge is 0.127 e. The molecule has 0 radical (unpaired) electrons. The minimum Gasteiger partial charge on any atom is -0.493 e. The molecule has 0 bridgehead atoms. The summed E-state index contributed by atoms with van der Waals surface area (Å²) in [5.41, 5.74) is 4.81. The van der Waals surface area contributed by atoms with Gasteiger partial charge in [0.1, 0.15) is 5.75 Å². The first-order chi connectivity index (χ1) is 10.3. The van der Waals surface area contributed by atoms with Gasteiger partial charge in [0.05, 0.1) is 18.3 Å². The Hall–Kier alpha value is -1.87. The zero-order chi connectivity index (χ0) is 14.7. The summed E-state index contributed by atoms with van der Waals surface area (Å²) in [6.07, 6.45) is 4.07. The molecule has 3 nitrogen and oxygen atoms in total. The Morgan fingerprint density at radius 3 is 3.00 bits per heavy atom. The lowest BCUT2D eigenvalue weighted by Crippen LogP contribution is -2.25. The lowest BCUT2D eigenvalue weighted by Gasteiger charge is -2.26.